The molecule has 11 nitrogen and oxygen atoms in total. The van der Waals surface area contributed by atoms with E-state index in [2.05, 4.69) is 25.6 Å². The quantitative estimate of drug-likeness (QED) is 0.237. The Morgan fingerprint density at radius 1 is 1.11 bits per heavy atom. The number of rotatable bonds is 10. The molecule has 0 aliphatic rings. The molecule has 3 heterocycles. The van der Waals surface area contributed by atoms with Crippen LogP contribution in [0.4, 0.5) is 5.13 Å². The van der Waals surface area contributed by atoms with Crippen LogP contribution in [0.2, 0.25) is 0 Å². The van der Waals surface area contributed by atoms with Gasteiger partial charge in [0.25, 0.3) is 11.5 Å². The highest BCUT2D eigenvalue weighted by molar-refractivity contribution is 7.16. The summed E-state index contributed by atoms with van der Waals surface area (Å²) in [5, 5.41) is 26.2. The van der Waals surface area contributed by atoms with Crippen molar-refractivity contribution in [1.82, 2.24) is 24.8 Å². The predicted molar refractivity (Wildman–Crippen MR) is 140 cm³/mol. The van der Waals surface area contributed by atoms with Gasteiger partial charge < -0.3 is 9.47 Å². The van der Waals surface area contributed by atoms with E-state index in [0.29, 0.717) is 45.9 Å². The molecule has 0 radical (unpaired) electrons. The van der Waals surface area contributed by atoms with E-state index < -0.39 is 5.91 Å². The molecule has 1 amide bonds. The fourth-order valence-corrected chi connectivity index (χ4v) is 4.73. The van der Waals surface area contributed by atoms with Gasteiger partial charge in [-0.15, -0.1) is 10.2 Å². The van der Waals surface area contributed by atoms with Gasteiger partial charge in [-0.05, 0) is 43.5 Å². The first-order valence-electron chi connectivity index (χ1n) is 11.5. The molecule has 0 atom stereocenters. The van der Waals surface area contributed by atoms with Gasteiger partial charge in [0.1, 0.15) is 28.3 Å². The Morgan fingerprint density at radius 2 is 1.92 bits per heavy atom. The Morgan fingerprint density at radius 3 is 2.62 bits per heavy atom. The molecule has 0 unspecified atom stereocenters. The third-order valence-corrected chi connectivity index (χ3v) is 6.99. The summed E-state index contributed by atoms with van der Waals surface area (Å²) in [6, 6.07) is 8.36. The fraction of sp³-hybridized carbons (Fsp3) is 0.292. The van der Waals surface area contributed by atoms with Gasteiger partial charge in [-0.25, -0.2) is 4.98 Å². The smallest absolute Gasteiger partial charge is 0.275 e. The molecule has 4 aromatic rings. The molecule has 13 heteroatoms. The number of ether oxygens (including phenoxy) is 2. The number of benzene rings is 1. The monoisotopic (exact) mass is 537 g/mol. The Hall–Kier alpha value is -4.15. The van der Waals surface area contributed by atoms with E-state index in [9.17, 15) is 14.9 Å². The van der Waals surface area contributed by atoms with Crippen LogP contribution in [0.5, 0.6) is 11.5 Å². The Labute approximate surface area is 220 Å². The first kappa shape index (κ1) is 25.9. The average molecular weight is 538 g/mol. The molecule has 0 bridgehead atoms. The molecular formula is C24H23N7O4S2. The molecule has 0 aliphatic heterocycles. The van der Waals surface area contributed by atoms with Crippen LogP contribution in [0.1, 0.15) is 42.0 Å². The normalized spacial score (nSPS) is 11.4. The second-order valence-corrected chi connectivity index (χ2v) is 9.64. The first-order valence-corrected chi connectivity index (χ1v) is 13.1. The number of fused-ring (bicyclic) bond motifs is 1. The molecule has 3 aromatic heterocycles. The van der Waals surface area contributed by atoms with Gasteiger partial charge in [-0.1, -0.05) is 42.6 Å². The minimum atomic E-state index is -0.582. The number of nitrogens with zero attached hydrogens (tertiary/aromatic N) is 6. The lowest BCUT2D eigenvalue weighted by molar-refractivity contribution is -0.112. The number of nitrogens with one attached hydrogen (secondary N) is 1. The van der Waals surface area contributed by atoms with E-state index in [1.54, 1.807) is 18.2 Å². The standard InChI is InChI=1S/C24H23N7O4S2/c1-4-19-28-29-23(36-19)27-22(33)15(12-25)9-14-7-8-17(18(10-14)34-6-3)35-13-16-11-21(32)31-24(26-16)37-20(5-2)30-31/h7-11H,4-6,13H2,1-3H3,(H,27,29,33). The van der Waals surface area contributed by atoms with E-state index in [1.807, 2.05) is 26.8 Å². The van der Waals surface area contributed by atoms with Crippen molar-refractivity contribution in [3.05, 3.63) is 61.5 Å². The highest BCUT2D eigenvalue weighted by Crippen LogP contribution is 2.30. The number of hydrogen-bond acceptors (Lipinski definition) is 11. The van der Waals surface area contributed by atoms with E-state index in [0.717, 1.165) is 16.4 Å². The maximum atomic E-state index is 12.6. The average Bonchev–Trinajstić information content (AvgIpc) is 3.53. The molecule has 190 valence electrons. The third kappa shape index (κ3) is 6.16. The van der Waals surface area contributed by atoms with Crippen LogP contribution in [0, 0.1) is 11.3 Å². The summed E-state index contributed by atoms with van der Waals surface area (Å²) in [5.41, 5.74) is 0.669. The number of nitriles is 1. The lowest BCUT2D eigenvalue weighted by Crippen LogP contribution is -2.16. The summed E-state index contributed by atoms with van der Waals surface area (Å²) in [4.78, 5) is 29.9. The van der Waals surface area contributed by atoms with Crippen molar-refractivity contribution in [2.24, 2.45) is 0 Å². The number of carbonyl (C=O) groups is 1. The molecule has 0 aliphatic carbocycles. The minimum Gasteiger partial charge on any atom is -0.490 e. The maximum absolute atomic E-state index is 12.6. The van der Waals surface area contributed by atoms with Crippen molar-refractivity contribution in [2.45, 2.75) is 40.2 Å². The lowest BCUT2D eigenvalue weighted by atomic mass is 10.1. The van der Waals surface area contributed by atoms with Gasteiger partial charge in [0.2, 0.25) is 10.1 Å². The van der Waals surface area contributed by atoms with Crippen LogP contribution in [0.3, 0.4) is 0 Å². The van der Waals surface area contributed by atoms with E-state index in [-0.39, 0.29) is 17.7 Å². The number of anilines is 1. The Balaban J connectivity index is 1.52. The van der Waals surface area contributed by atoms with Crippen molar-refractivity contribution >= 4 is 44.7 Å². The largest absolute Gasteiger partial charge is 0.490 e. The third-order valence-electron chi connectivity index (χ3n) is 4.95. The van der Waals surface area contributed by atoms with Gasteiger partial charge >= 0.3 is 0 Å². The summed E-state index contributed by atoms with van der Waals surface area (Å²) >= 11 is 2.62. The van der Waals surface area contributed by atoms with Crippen LogP contribution in [-0.4, -0.2) is 37.3 Å². The Bertz CT molecular complexity index is 1570. The van der Waals surface area contributed by atoms with Gasteiger partial charge in [-0.3, -0.25) is 14.9 Å². The van der Waals surface area contributed by atoms with Gasteiger partial charge in [0.05, 0.1) is 12.3 Å². The molecular weight excluding hydrogens is 514 g/mol. The van der Waals surface area contributed by atoms with Crippen molar-refractivity contribution in [1.29, 1.82) is 5.26 Å². The minimum absolute atomic E-state index is 0.0494. The number of amides is 1. The second kappa shape index (κ2) is 11.7. The molecule has 0 fully saturated rings. The van der Waals surface area contributed by atoms with E-state index in [1.165, 1.54) is 39.3 Å². The Kier molecular flexibility index (Phi) is 8.22. The van der Waals surface area contributed by atoms with Crippen LogP contribution < -0.4 is 20.3 Å². The zero-order valence-corrected chi connectivity index (χ0v) is 22.0. The summed E-state index contributed by atoms with van der Waals surface area (Å²) in [6.07, 6.45) is 2.87. The molecule has 1 N–H and O–H groups in total. The summed E-state index contributed by atoms with van der Waals surface area (Å²) in [6.45, 7) is 6.16. The molecule has 1 aromatic carbocycles. The zero-order chi connectivity index (χ0) is 26.4. The summed E-state index contributed by atoms with van der Waals surface area (Å²) < 4.78 is 12.9. The second-order valence-electron chi connectivity index (χ2n) is 7.54. The summed E-state index contributed by atoms with van der Waals surface area (Å²) in [5.74, 6) is 0.277. The molecule has 0 spiro atoms. The molecule has 4 rings (SSSR count). The van der Waals surface area contributed by atoms with Crippen molar-refractivity contribution in [3.8, 4) is 17.6 Å². The summed E-state index contributed by atoms with van der Waals surface area (Å²) in [7, 11) is 0. The number of hydrogen-bond donors (Lipinski definition) is 1. The highest BCUT2D eigenvalue weighted by Gasteiger charge is 2.14. The molecule has 37 heavy (non-hydrogen) atoms. The van der Waals surface area contributed by atoms with Crippen LogP contribution >= 0.6 is 22.7 Å². The predicted octanol–water partition coefficient (Wildman–Crippen LogP) is 3.65. The van der Waals surface area contributed by atoms with Gasteiger partial charge in [0, 0.05) is 6.07 Å². The van der Waals surface area contributed by atoms with Crippen LogP contribution in [0.25, 0.3) is 11.0 Å². The topological polar surface area (TPSA) is 144 Å². The van der Waals surface area contributed by atoms with E-state index >= 15 is 0 Å². The van der Waals surface area contributed by atoms with Crippen molar-refractivity contribution < 1.29 is 14.3 Å². The van der Waals surface area contributed by atoms with Gasteiger partial charge in [0.15, 0.2) is 11.5 Å². The van der Waals surface area contributed by atoms with Crippen molar-refractivity contribution in [2.75, 3.05) is 11.9 Å². The zero-order valence-electron chi connectivity index (χ0n) is 20.3. The van der Waals surface area contributed by atoms with Gasteiger partial charge in [-0.2, -0.15) is 14.9 Å². The highest BCUT2D eigenvalue weighted by atomic mass is 32.1. The van der Waals surface area contributed by atoms with Crippen LogP contribution in [0.15, 0.2) is 34.6 Å². The number of aryl methyl sites for hydroxylation is 2. The van der Waals surface area contributed by atoms with Crippen molar-refractivity contribution in [3.63, 3.8) is 0 Å². The fourth-order valence-electron chi connectivity index (χ4n) is 3.19. The number of carbonyl (C=O) groups excluding carboxylic acids is 1. The van der Waals surface area contributed by atoms with E-state index in [4.69, 9.17) is 9.47 Å². The SMILES string of the molecule is CCOc1cc(C=C(C#N)C(=O)Nc2nnc(CC)s2)ccc1OCc1cc(=O)n2nc(CC)sc2n1. The maximum Gasteiger partial charge on any atom is 0.275 e. The first-order chi connectivity index (χ1) is 17.9. The molecule has 0 saturated carbocycles. The molecule has 0 saturated heterocycles. The van der Waals surface area contributed by atoms with Crippen LogP contribution in [-0.2, 0) is 24.2 Å². The lowest BCUT2D eigenvalue weighted by Gasteiger charge is -2.12. The number of aromatic nitrogens is 5.